The first-order chi connectivity index (χ1) is 9.60. The average Bonchev–Trinajstić information content (AvgIpc) is 2.47. The maximum atomic E-state index is 12.3. The summed E-state index contributed by atoms with van der Waals surface area (Å²) in [6, 6.07) is 0. The highest BCUT2D eigenvalue weighted by Crippen LogP contribution is 2.17. The molecule has 2 heterocycles. The van der Waals surface area contributed by atoms with Crippen LogP contribution in [0.1, 0.15) is 12.8 Å². The van der Waals surface area contributed by atoms with Gasteiger partial charge in [0.25, 0.3) is 0 Å². The van der Waals surface area contributed by atoms with E-state index in [-0.39, 0.29) is 17.8 Å². The van der Waals surface area contributed by atoms with Gasteiger partial charge in [-0.3, -0.25) is 14.5 Å². The summed E-state index contributed by atoms with van der Waals surface area (Å²) in [5.74, 6) is -0.0422. The van der Waals surface area contributed by atoms with Crippen molar-refractivity contribution in [1.29, 1.82) is 0 Å². The Bertz CT molecular complexity index is 354. The molecule has 0 spiro atoms. The lowest BCUT2D eigenvalue weighted by molar-refractivity contribution is -0.148. The van der Waals surface area contributed by atoms with Crippen LogP contribution in [0.5, 0.6) is 0 Å². The summed E-state index contributed by atoms with van der Waals surface area (Å²) in [5, 5.41) is 0. The quantitative estimate of drug-likeness (QED) is 0.663. The van der Waals surface area contributed by atoms with E-state index in [1.165, 1.54) is 7.11 Å². The highest BCUT2D eigenvalue weighted by atomic mass is 16.5. The maximum Gasteiger partial charge on any atom is 0.309 e. The van der Waals surface area contributed by atoms with Gasteiger partial charge >= 0.3 is 5.97 Å². The third kappa shape index (κ3) is 3.93. The number of methoxy groups -OCH3 is 1. The number of nitrogens with zero attached hydrogens (tertiary/aromatic N) is 3. The topological polar surface area (TPSA) is 53.1 Å². The number of hydrogen-bond donors (Lipinski definition) is 0. The second-order valence-electron chi connectivity index (χ2n) is 5.78. The van der Waals surface area contributed by atoms with Crippen molar-refractivity contribution < 1.29 is 14.3 Å². The van der Waals surface area contributed by atoms with E-state index >= 15 is 0 Å². The van der Waals surface area contributed by atoms with Crippen LogP contribution in [0.2, 0.25) is 0 Å². The number of carbonyl (C=O) groups is 2. The molecule has 6 nitrogen and oxygen atoms in total. The molecule has 0 radical (unpaired) electrons. The van der Waals surface area contributed by atoms with Crippen molar-refractivity contribution >= 4 is 11.9 Å². The molecule has 2 saturated heterocycles. The van der Waals surface area contributed by atoms with Gasteiger partial charge in [0.1, 0.15) is 0 Å². The maximum absolute atomic E-state index is 12.3. The summed E-state index contributed by atoms with van der Waals surface area (Å²) >= 11 is 0. The molecule has 2 fully saturated rings. The predicted octanol–water partition coefficient (Wildman–Crippen LogP) is -0.355. The predicted molar refractivity (Wildman–Crippen MR) is 75.3 cm³/mol. The fourth-order valence-corrected chi connectivity index (χ4v) is 2.91. The van der Waals surface area contributed by atoms with Crippen LogP contribution in [0.25, 0.3) is 0 Å². The Hall–Kier alpha value is -1.14. The van der Waals surface area contributed by atoms with Gasteiger partial charge in [0.15, 0.2) is 0 Å². The standard InChI is InChI=1S/C14H25N3O3/c1-15-6-8-17(9-7-15)13(18)11-16-5-3-4-12(10-16)14(19)20-2/h12H,3-11H2,1-2H3. The third-order valence-electron chi connectivity index (χ3n) is 4.25. The number of rotatable bonds is 3. The van der Waals surface area contributed by atoms with E-state index < -0.39 is 0 Å². The van der Waals surface area contributed by atoms with E-state index in [0.717, 1.165) is 45.6 Å². The molecule has 2 rings (SSSR count). The van der Waals surface area contributed by atoms with Crippen molar-refractivity contribution in [3.63, 3.8) is 0 Å². The number of ether oxygens (including phenoxy) is 1. The Labute approximate surface area is 120 Å². The van der Waals surface area contributed by atoms with Crippen LogP contribution >= 0.6 is 0 Å². The lowest BCUT2D eigenvalue weighted by Crippen LogP contribution is -2.51. The van der Waals surface area contributed by atoms with Crippen LogP contribution in [0, 0.1) is 5.92 Å². The summed E-state index contributed by atoms with van der Waals surface area (Å²) < 4.78 is 4.80. The molecule has 114 valence electrons. The van der Waals surface area contributed by atoms with Gasteiger partial charge in [0.05, 0.1) is 19.6 Å². The summed E-state index contributed by atoms with van der Waals surface area (Å²) in [7, 11) is 3.50. The second-order valence-corrected chi connectivity index (χ2v) is 5.78. The van der Waals surface area contributed by atoms with Crippen LogP contribution in [-0.2, 0) is 14.3 Å². The number of likely N-dealkylation sites (tertiary alicyclic amines) is 1. The number of hydrogen-bond acceptors (Lipinski definition) is 5. The number of piperidine rings is 1. The molecule has 0 aliphatic carbocycles. The van der Waals surface area contributed by atoms with Gasteiger partial charge < -0.3 is 14.5 Å². The second kappa shape index (κ2) is 7.04. The van der Waals surface area contributed by atoms with Gasteiger partial charge in [-0.05, 0) is 26.4 Å². The van der Waals surface area contributed by atoms with Crippen molar-refractivity contribution in [1.82, 2.24) is 14.7 Å². The molecule has 0 N–H and O–H groups in total. The molecule has 0 bridgehead atoms. The van der Waals surface area contributed by atoms with Gasteiger partial charge in [0.2, 0.25) is 5.91 Å². The minimum atomic E-state index is -0.151. The largest absolute Gasteiger partial charge is 0.469 e. The summed E-state index contributed by atoms with van der Waals surface area (Å²) in [5.41, 5.74) is 0. The SMILES string of the molecule is COC(=O)C1CCCN(CC(=O)N2CCN(C)CC2)C1. The zero-order valence-corrected chi connectivity index (χ0v) is 12.5. The Balaban J connectivity index is 1.80. The molecule has 0 aromatic carbocycles. The van der Waals surface area contributed by atoms with Crippen molar-refractivity contribution in [3.05, 3.63) is 0 Å². The van der Waals surface area contributed by atoms with Gasteiger partial charge in [-0.2, -0.15) is 0 Å². The van der Waals surface area contributed by atoms with E-state index in [1.807, 2.05) is 4.90 Å². The number of carbonyl (C=O) groups excluding carboxylic acids is 2. The van der Waals surface area contributed by atoms with Crippen LogP contribution in [0.15, 0.2) is 0 Å². The summed E-state index contributed by atoms with van der Waals surface area (Å²) in [6.07, 6.45) is 1.82. The lowest BCUT2D eigenvalue weighted by Gasteiger charge is -2.35. The smallest absolute Gasteiger partial charge is 0.309 e. The van der Waals surface area contributed by atoms with Gasteiger partial charge in [0, 0.05) is 32.7 Å². The van der Waals surface area contributed by atoms with Crippen LogP contribution < -0.4 is 0 Å². The molecule has 1 unspecified atom stereocenters. The Morgan fingerprint density at radius 1 is 1.15 bits per heavy atom. The first kappa shape index (κ1) is 15.3. The molecule has 0 aromatic heterocycles. The molecular weight excluding hydrogens is 258 g/mol. The van der Waals surface area contributed by atoms with Gasteiger partial charge in [-0.25, -0.2) is 0 Å². The van der Waals surface area contributed by atoms with Crippen LogP contribution in [0.3, 0.4) is 0 Å². The van der Waals surface area contributed by atoms with Crippen LogP contribution in [0.4, 0.5) is 0 Å². The number of amides is 1. The molecule has 2 aliphatic rings. The van der Waals surface area contributed by atoms with Crippen LogP contribution in [-0.4, -0.2) is 86.5 Å². The number of likely N-dealkylation sites (N-methyl/N-ethyl adjacent to an activating group) is 1. The first-order valence-corrected chi connectivity index (χ1v) is 7.36. The van der Waals surface area contributed by atoms with E-state index in [0.29, 0.717) is 13.1 Å². The van der Waals surface area contributed by atoms with Crippen molar-refractivity contribution in [2.24, 2.45) is 5.92 Å². The molecule has 1 amide bonds. The number of piperazine rings is 1. The third-order valence-corrected chi connectivity index (χ3v) is 4.25. The zero-order chi connectivity index (χ0) is 14.5. The Morgan fingerprint density at radius 3 is 2.50 bits per heavy atom. The minimum Gasteiger partial charge on any atom is -0.469 e. The van der Waals surface area contributed by atoms with Crippen molar-refractivity contribution in [2.75, 3.05) is 60.0 Å². The first-order valence-electron chi connectivity index (χ1n) is 7.36. The van der Waals surface area contributed by atoms with E-state index in [2.05, 4.69) is 16.8 Å². The normalized spacial score (nSPS) is 25.5. The Morgan fingerprint density at radius 2 is 1.85 bits per heavy atom. The highest BCUT2D eigenvalue weighted by molar-refractivity contribution is 5.78. The van der Waals surface area contributed by atoms with E-state index in [9.17, 15) is 9.59 Å². The zero-order valence-electron chi connectivity index (χ0n) is 12.5. The molecule has 0 saturated carbocycles. The Kier molecular flexibility index (Phi) is 5.37. The fraction of sp³-hybridized carbons (Fsp3) is 0.857. The van der Waals surface area contributed by atoms with Gasteiger partial charge in [-0.15, -0.1) is 0 Å². The highest BCUT2D eigenvalue weighted by Gasteiger charge is 2.28. The van der Waals surface area contributed by atoms with E-state index in [1.54, 1.807) is 0 Å². The van der Waals surface area contributed by atoms with Crippen molar-refractivity contribution in [3.8, 4) is 0 Å². The van der Waals surface area contributed by atoms with E-state index in [4.69, 9.17) is 4.74 Å². The average molecular weight is 283 g/mol. The minimum absolute atomic E-state index is 0.0750. The number of esters is 1. The molecule has 20 heavy (non-hydrogen) atoms. The molecule has 2 aliphatic heterocycles. The molecule has 6 heteroatoms. The fourth-order valence-electron chi connectivity index (χ4n) is 2.91. The summed E-state index contributed by atoms with van der Waals surface area (Å²) in [6.45, 7) is 5.47. The summed E-state index contributed by atoms with van der Waals surface area (Å²) in [4.78, 5) is 30.1. The molecule has 1 atom stereocenters. The lowest BCUT2D eigenvalue weighted by atomic mass is 9.98. The van der Waals surface area contributed by atoms with Gasteiger partial charge in [-0.1, -0.05) is 0 Å². The van der Waals surface area contributed by atoms with Crippen molar-refractivity contribution in [2.45, 2.75) is 12.8 Å². The molecule has 0 aromatic rings. The monoisotopic (exact) mass is 283 g/mol. The molecular formula is C14H25N3O3.